The molecule has 0 amide bonds. The van der Waals surface area contributed by atoms with Gasteiger partial charge in [-0.2, -0.15) is 0 Å². The summed E-state index contributed by atoms with van der Waals surface area (Å²) in [4.78, 5) is 0. The lowest BCUT2D eigenvalue weighted by Crippen LogP contribution is -2.34. The van der Waals surface area contributed by atoms with E-state index in [4.69, 9.17) is 33.7 Å². The minimum absolute atomic E-state index is 0.626. The summed E-state index contributed by atoms with van der Waals surface area (Å²) in [7, 11) is 1.62. The summed E-state index contributed by atoms with van der Waals surface area (Å²) in [5.41, 5.74) is 7.55. The first kappa shape index (κ1) is 14.2. The van der Waals surface area contributed by atoms with Crippen LogP contribution >= 0.6 is 23.2 Å². The van der Waals surface area contributed by atoms with E-state index in [-0.39, 0.29) is 0 Å². The Morgan fingerprint density at radius 3 is 2.16 bits per heavy atom. The molecule has 0 saturated carbocycles. The van der Waals surface area contributed by atoms with Gasteiger partial charge in [-0.15, -0.1) is 0 Å². The molecular formula is C15H15Cl2NO. The van der Waals surface area contributed by atoms with Gasteiger partial charge in [0, 0.05) is 15.6 Å². The summed E-state index contributed by atoms with van der Waals surface area (Å²) in [6.45, 7) is 1.92. The first-order valence-corrected chi connectivity index (χ1v) is 6.59. The number of ether oxygens (including phenoxy) is 1. The molecule has 0 spiro atoms. The highest BCUT2D eigenvalue weighted by Gasteiger charge is 2.27. The monoisotopic (exact) mass is 295 g/mol. The van der Waals surface area contributed by atoms with Gasteiger partial charge in [-0.3, -0.25) is 0 Å². The molecule has 0 saturated heterocycles. The van der Waals surface area contributed by atoms with Crippen LogP contribution in [0.15, 0.2) is 42.5 Å². The zero-order valence-electron chi connectivity index (χ0n) is 10.8. The summed E-state index contributed by atoms with van der Waals surface area (Å²) < 4.78 is 5.37. The zero-order valence-corrected chi connectivity index (χ0v) is 12.3. The highest BCUT2D eigenvalue weighted by Crippen LogP contribution is 2.35. The van der Waals surface area contributed by atoms with E-state index < -0.39 is 5.54 Å². The van der Waals surface area contributed by atoms with E-state index in [9.17, 15) is 0 Å². The molecule has 0 aliphatic heterocycles. The van der Waals surface area contributed by atoms with E-state index in [2.05, 4.69) is 0 Å². The maximum Gasteiger partial charge on any atom is 0.124 e. The van der Waals surface area contributed by atoms with Crippen molar-refractivity contribution < 1.29 is 4.74 Å². The van der Waals surface area contributed by atoms with Crippen LogP contribution in [0.3, 0.4) is 0 Å². The third-order valence-corrected chi connectivity index (χ3v) is 3.65. The Hall–Kier alpha value is -1.22. The predicted octanol–water partition coefficient (Wildman–Crippen LogP) is 4.22. The van der Waals surface area contributed by atoms with Gasteiger partial charge in [0.25, 0.3) is 0 Å². The molecular weight excluding hydrogens is 281 g/mol. The van der Waals surface area contributed by atoms with Crippen LogP contribution in [0.1, 0.15) is 18.1 Å². The van der Waals surface area contributed by atoms with Crippen molar-refractivity contribution in [1.82, 2.24) is 0 Å². The van der Waals surface area contributed by atoms with Crippen LogP contribution in [-0.4, -0.2) is 7.11 Å². The van der Waals surface area contributed by atoms with Crippen molar-refractivity contribution in [3.8, 4) is 5.75 Å². The largest absolute Gasteiger partial charge is 0.496 e. The van der Waals surface area contributed by atoms with Crippen molar-refractivity contribution >= 4 is 23.2 Å². The van der Waals surface area contributed by atoms with Crippen LogP contribution in [0.4, 0.5) is 0 Å². The van der Waals surface area contributed by atoms with Gasteiger partial charge in [0.1, 0.15) is 5.75 Å². The number of hydrogen-bond donors (Lipinski definition) is 1. The molecule has 0 radical (unpaired) electrons. The van der Waals surface area contributed by atoms with E-state index in [1.165, 1.54) is 0 Å². The molecule has 100 valence electrons. The SMILES string of the molecule is COc1ccc(Cl)cc1C(C)(N)c1ccc(Cl)cc1. The lowest BCUT2D eigenvalue weighted by molar-refractivity contribution is 0.399. The summed E-state index contributed by atoms with van der Waals surface area (Å²) in [6.07, 6.45) is 0. The normalized spacial score (nSPS) is 13.9. The molecule has 0 bridgehead atoms. The third-order valence-electron chi connectivity index (χ3n) is 3.16. The van der Waals surface area contributed by atoms with Crippen LogP contribution in [0, 0.1) is 0 Å². The number of rotatable bonds is 3. The Morgan fingerprint density at radius 2 is 1.58 bits per heavy atom. The number of methoxy groups -OCH3 is 1. The fourth-order valence-corrected chi connectivity index (χ4v) is 2.34. The molecule has 2 nitrogen and oxygen atoms in total. The van der Waals surface area contributed by atoms with Crippen LogP contribution < -0.4 is 10.5 Å². The molecule has 0 heterocycles. The highest BCUT2D eigenvalue weighted by molar-refractivity contribution is 6.31. The minimum Gasteiger partial charge on any atom is -0.496 e. The van der Waals surface area contributed by atoms with Gasteiger partial charge in [-0.05, 0) is 42.8 Å². The molecule has 2 aromatic rings. The summed E-state index contributed by atoms with van der Waals surface area (Å²) >= 11 is 12.0. The van der Waals surface area contributed by atoms with Gasteiger partial charge < -0.3 is 10.5 Å². The molecule has 0 aliphatic carbocycles. The Bertz CT molecular complexity index is 579. The second kappa shape index (κ2) is 5.41. The molecule has 19 heavy (non-hydrogen) atoms. The van der Waals surface area contributed by atoms with Gasteiger partial charge in [0.15, 0.2) is 0 Å². The van der Waals surface area contributed by atoms with Gasteiger partial charge in [0.2, 0.25) is 0 Å². The number of halogens is 2. The Balaban J connectivity index is 2.55. The van der Waals surface area contributed by atoms with Crippen LogP contribution in [0.25, 0.3) is 0 Å². The quantitative estimate of drug-likeness (QED) is 0.920. The van der Waals surface area contributed by atoms with Crippen molar-refractivity contribution in [3.63, 3.8) is 0 Å². The molecule has 0 aliphatic rings. The molecule has 2 aromatic carbocycles. The lowest BCUT2D eigenvalue weighted by atomic mass is 9.85. The number of hydrogen-bond acceptors (Lipinski definition) is 2. The smallest absolute Gasteiger partial charge is 0.124 e. The van der Waals surface area contributed by atoms with E-state index in [1.54, 1.807) is 13.2 Å². The maximum absolute atomic E-state index is 6.47. The second-order valence-electron chi connectivity index (χ2n) is 4.55. The van der Waals surface area contributed by atoms with Gasteiger partial charge >= 0.3 is 0 Å². The fourth-order valence-electron chi connectivity index (χ4n) is 2.04. The summed E-state index contributed by atoms with van der Waals surface area (Å²) in [5.74, 6) is 0.712. The van der Waals surface area contributed by atoms with Crippen molar-refractivity contribution in [3.05, 3.63) is 63.6 Å². The molecule has 2 N–H and O–H groups in total. The maximum atomic E-state index is 6.47. The summed E-state index contributed by atoms with van der Waals surface area (Å²) in [5, 5.41) is 1.30. The fraction of sp³-hybridized carbons (Fsp3) is 0.200. The Morgan fingerprint density at radius 1 is 1.00 bits per heavy atom. The van der Waals surface area contributed by atoms with Crippen LogP contribution in [-0.2, 0) is 5.54 Å². The third kappa shape index (κ3) is 2.86. The predicted molar refractivity (Wildman–Crippen MR) is 80.1 cm³/mol. The van der Waals surface area contributed by atoms with E-state index >= 15 is 0 Å². The number of benzene rings is 2. The van der Waals surface area contributed by atoms with Crippen molar-refractivity contribution in [2.24, 2.45) is 5.73 Å². The molecule has 2 rings (SSSR count). The second-order valence-corrected chi connectivity index (χ2v) is 5.43. The molecule has 0 aromatic heterocycles. The van der Waals surface area contributed by atoms with Gasteiger partial charge in [-0.25, -0.2) is 0 Å². The minimum atomic E-state index is -0.708. The van der Waals surface area contributed by atoms with Crippen LogP contribution in [0.2, 0.25) is 10.0 Å². The van der Waals surface area contributed by atoms with Crippen molar-refractivity contribution in [2.75, 3.05) is 7.11 Å². The molecule has 0 fully saturated rings. The van der Waals surface area contributed by atoms with E-state index in [0.717, 1.165) is 11.1 Å². The average molecular weight is 296 g/mol. The topological polar surface area (TPSA) is 35.2 Å². The van der Waals surface area contributed by atoms with Crippen molar-refractivity contribution in [2.45, 2.75) is 12.5 Å². The first-order valence-electron chi connectivity index (χ1n) is 5.84. The Kier molecular flexibility index (Phi) is 4.04. The Labute approximate surface area is 123 Å². The van der Waals surface area contributed by atoms with Crippen LogP contribution in [0.5, 0.6) is 5.75 Å². The van der Waals surface area contributed by atoms with E-state index in [0.29, 0.717) is 15.8 Å². The van der Waals surface area contributed by atoms with Gasteiger partial charge in [-0.1, -0.05) is 35.3 Å². The zero-order chi connectivity index (χ0) is 14.0. The van der Waals surface area contributed by atoms with Crippen molar-refractivity contribution in [1.29, 1.82) is 0 Å². The standard InChI is InChI=1S/C15H15Cl2NO/c1-15(18,10-3-5-11(16)6-4-10)13-9-12(17)7-8-14(13)19-2/h3-9H,18H2,1-2H3. The number of nitrogens with two attached hydrogens (primary N) is 1. The molecule has 4 heteroatoms. The molecule has 1 unspecified atom stereocenters. The van der Waals surface area contributed by atoms with E-state index in [1.807, 2.05) is 43.3 Å². The molecule has 1 atom stereocenters. The lowest BCUT2D eigenvalue weighted by Gasteiger charge is -2.28. The summed E-state index contributed by atoms with van der Waals surface area (Å²) in [6, 6.07) is 12.9. The first-order chi connectivity index (χ1) is 8.95. The average Bonchev–Trinajstić information content (AvgIpc) is 2.39. The highest BCUT2D eigenvalue weighted by atomic mass is 35.5. The van der Waals surface area contributed by atoms with Gasteiger partial charge in [0.05, 0.1) is 12.6 Å².